The number of nitrogens with one attached hydrogen (secondary N) is 1. The molecule has 13 heteroatoms. The first-order valence-electron chi connectivity index (χ1n) is 17.0. The van der Waals surface area contributed by atoms with E-state index in [0.717, 1.165) is 29.5 Å². The van der Waals surface area contributed by atoms with Gasteiger partial charge in [-0.05, 0) is 86.1 Å². The number of rotatable bonds is 14. The van der Waals surface area contributed by atoms with Crippen molar-refractivity contribution in [2.75, 3.05) is 45.2 Å². The fraction of sp³-hybridized carbons (Fsp3) is 0.500. The highest BCUT2D eigenvalue weighted by atomic mass is 32.2. The molecule has 2 aliphatic heterocycles. The standard InChI is InChI=1S/C36H47N3O8S2/c1-3-45-33-13-10-27(26-8-11-28(12-9-26)36(37)14-15-36)20-34(33)49(43,44)39-18-16-35(17-19-39)22-29(24-47-35)38-23-30(40)25-46-31-6-5-7-32(21-31)48(41,42)4-2/h5-13,20-21,29-30,38,40H,3-4,14-19,22-25,37H2,1-2H3/t29-,30+/m1/s1. The van der Waals surface area contributed by atoms with E-state index in [9.17, 15) is 21.9 Å². The van der Waals surface area contributed by atoms with E-state index in [-0.39, 0.29) is 40.3 Å². The van der Waals surface area contributed by atoms with Gasteiger partial charge in [0.15, 0.2) is 9.84 Å². The Labute approximate surface area is 289 Å². The molecule has 1 spiro atoms. The lowest BCUT2D eigenvalue weighted by Crippen LogP contribution is -2.47. The Bertz CT molecular complexity index is 1840. The van der Waals surface area contributed by atoms with Crippen LogP contribution in [0.4, 0.5) is 0 Å². The molecule has 0 unspecified atom stereocenters. The minimum atomic E-state index is -3.85. The number of nitrogens with two attached hydrogens (primary N) is 1. The molecular formula is C36H47N3O8S2. The lowest BCUT2D eigenvalue weighted by atomic mass is 9.88. The summed E-state index contributed by atoms with van der Waals surface area (Å²) in [4.78, 5) is 0.349. The van der Waals surface area contributed by atoms with Gasteiger partial charge in [-0.3, -0.25) is 0 Å². The predicted octanol–water partition coefficient (Wildman–Crippen LogP) is 3.84. The molecule has 1 saturated carbocycles. The van der Waals surface area contributed by atoms with Gasteiger partial charge < -0.3 is 30.4 Å². The highest BCUT2D eigenvalue weighted by Gasteiger charge is 2.45. The van der Waals surface area contributed by atoms with Crippen molar-refractivity contribution >= 4 is 19.9 Å². The minimum Gasteiger partial charge on any atom is -0.492 e. The van der Waals surface area contributed by atoms with E-state index in [0.29, 0.717) is 57.1 Å². The van der Waals surface area contributed by atoms with E-state index < -0.39 is 31.6 Å². The maximum absolute atomic E-state index is 14.1. The SMILES string of the molecule is CCOc1ccc(-c2ccc(C3(N)CC3)cc2)cc1S(=O)(=O)N1CCC2(CC1)C[C@@H](NC[C@H](O)COc1cccc(S(=O)(=O)CC)c1)CO2. The van der Waals surface area contributed by atoms with Crippen molar-refractivity contribution in [3.8, 4) is 22.6 Å². The molecule has 0 aromatic heterocycles. The van der Waals surface area contributed by atoms with Crippen LogP contribution in [-0.4, -0.2) is 89.2 Å². The van der Waals surface area contributed by atoms with Gasteiger partial charge in [0.2, 0.25) is 10.0 Å². The van der Waals surface area contributed by atoms with Crippen molar-refractivity contribution in [3.05, 3.63) is 72.3 Å². The average Bonchev–Trinajstić information content (AvgIpc) is 3.75. The summed E-state index contributed by atoms with van der Waals surface area (Å²) in [6.45, 7) is 5.13. The molecule has 4 N–H and O–H groups in total. The maximum atomic E-state index is 14.1. The summed E-state index contributed by atoms with van der Waals surface area (Å²) in [7, 11) is -7.21. The first-order chi connectivity index (χ1) is 23.4. The second-order valence-corrected chi connectivity index (χ2v) is 17.6. The van der Waals surface area contributed by atoms with Gasteiger partial charge in [-0.2, -0.15) is 4.31 Å². The van der Waals surface area contributed by atoms with E-state index in [1.165, 1.54) is 16.4 Å². The zero-order valence-electron chi connectivity index (χ0n) is 28.1. The molecular weight excluding hydrogens is 667 g/mol. The lowest BCUT2D eigenvalue weighted by Gasteiger charge is -2.38. The van der Waals surface area contributed by atoms with Gasteiger partial charge in [0.1, 0.15) is 29.1 Å². The van der Waals surface area contributed by atoms with Crippen LogP contribution in [0.3, 0.4) is 0 Å². The summed E-state index contributed by atoms with van der Waals surface area (Å²) in [5, 5.41) is 13.9. The first kappa shape index (κ1) is 35.8. The third-order valence-electron chi connectivity index (χ3n) is 9.92. The quantitative estimate of drug-likeness (QED) is 0.224. The van der Waals surface area contributed by atoms with Crippen molar-refractivity contribution in [2.24, 2.45) is 5.73 Å². The van der Waals surface area contributed by atoms with Gasteiger partial charge in [-0.1, -0.05) is 43.3 Å². The van der Waals surface area contributed by atoms with Crippen LogP contribution in [0.15, 0.2) is 76.5 Å². The Kier molecular flexibility index (Phi) is 10.4. The van der Waals surface area contributed by atoms with Crippen LogP contribution in [-0.2, 0) is 30.1 Å². The number of hydrogen-bond donors (Lipinski definition) is 3. The number of aliphatic hydroxyl groups excluding tert-OH is 1. The molecule has 0 amide bonds. The summed E-state index contributed by atoms with van der Waals surface area (Å²) < 4.78 is 71.7. The van der Waals surface area contributed by atoms with Gasteiger partial charge in [0, 0.05) is 31.2 Å². The van der Waals surface area contributed by atoms with Gasteiger partial charge in [0.05, 0.1) is 29.5 Å². The maximum Gasteiger partial charge on any atom is 0.246 e. The van der Waals surface area contributed by atoms with Crippen LogP contribution >= 0.6 is 0 Å². The zero-order valence-corrected chi connectivity index (χ0v) is 29.8. The van der Waals surface area contributed by atoms with Gasteiger partial charge in [-0.15, -0.1) is 0 Å². The van der Waals surface area contributed by atoms with E-state index in [1.807, 2.05) is 37.3 Å². The summed E-state index contributed by atoms with van der Waals surface area (Å²) in [6.07, 6.45) is 2.94. The van der Waals surface area contributed by atoms with Crippen molar-refractivity contribution in [3.63, 3.8) is 0 Å². The molecule has 3 fully saturated rings. The summed E-state index contributed by atoms with van der Waals surface area (Å²) >= 11 is 0. The third kappa shape index (κ3) is 7.98. The minimum absolute atomic E-state index is 0.00118. The highest BCUT2D eigenvalue weighted by Crippen LogP contribution is 2.43. The Balaban J connectivity index is 1.03. The van der Waals surface area contributed by atoms with Crippen LogP contribution in [0.1, 0.15) is 51.5 Å². The predicted molar refractivity (Wildman–Crippen MR) is 187 cm³/mol. The van der Waals surface area contributed by atoms with Crippen molar-refractivity contribution in [1.29, 1.82) is 0 Å². The number of sulfonamides is 1. The third-order valence-corrected chi connectivity index (χ3v) is 13.6. The lowest BCUT2D eigenvalue weighted by molar-refractivity contribution is -0.0312. The van der Waals surface area contributed by atoms with Crippen LogP contribution < -0.4 is 20.5 Å². The molecule has 1 aliphatic carbocycles. The average molecular weight is 714 g/mol. The Morgan fingerprint density at radius 2 is 1.67 bits per heavy atom. The molecule has 2 saturated heterocycles. The second-order valence-electron chi connectivity index (χ2n) is 13.4. The summed E-state index contributed by atoms with van der Waals surface area (Å²) in [5.41, 5.74) is 8.49. The summed E-state index contributed by atoms with van der Waals surface area (Å²) in [6, 6.07) is 19.7. The Hall–Kier alpha value is -3.04. The first-order valence-corrected chi connectivity index (χ1v) is 20.1. The highest BCUT2D eigenvalue weighted by molar-refractivity contribution is 7.91. The number of hydrogen-bond acceptors (Lipinski definition) is 10. The van der Waals surface area contributed by atoms with E-state index >= 15 is 0 Å². The van der Waals surface area contributed by atoms with Crippen molar-refractivity contribution < 1.29 is 36.2 Å². The molecule has 2 atom stereocenters. The fourth-order valence-electron chi connectivity index (χ4n) is 6.66. The van der Waals surface area contributed by atoms with Crippen LogP contribution in [0.25, 0.3) is 11.1 Å². The number of nitrogens with zero attached hydrogens (tertiary/aromatic N) is 1. The molecule has 3 aliphatic rings. The van der Waals surface area contributed by atoms with Gasteiger partial charge in [0.25, 0.3) is 0 Å². The van der Waals surface area contributed by atoms with Gasteiger partial charge >= 0.3 is 0 Å². The number of benzene rings is 3. The zero-order chi connectivity index (χ0) is 34.9. The van der Waals surface area contributed by atoms with Crippen molar-refractivity contribution in [1.82, 2.24) is 9.62 Å². The molecule has 6 rings (SSSR count). The number of sulfone groups is 1. The van der Waals surface area contributed by atoms with Crippen molar-refractivity contribution in [2.45, 2.75) is 79.0 Å². The number of ether oxygens (including phenoxy) is 3. The normalized spacial score (nSPS) is 21.0. The van der Waals surface area contributed by atoms with E-state index in [1.54, 1.807) is 31.2 Å². The molecule has 2 heterocycles. The smallest absolute Gasteiger partial charge is 0.246 e. The largest absolute Gasteiger partial charge is 0.492 e. The molecule has 0 bridgehead atoms. The summed E-state index contributed by atoms with van der Waals surface area (Å²) in [5.74, 6) is 0.715. The molecule has 3 aromatic rings. The number of piperidine rings is 1. The molecule has 49 heavy (non-hydrogen) atoms. The van der Waals surface area contributed by atoms with Crippen LogP contribution in [0, 0.1) is 0 Å². The second kappa shape index (κ2) is 14.3. The van der Waals surface area contributed by atoms with Gasteiger partial charge in [-0.25, -0.2) is 16.8 Å². The number of aliphatic hydroxyl groups is 1. The Morgan fingerprint density at radius 3 is 2.35 bits per heavy atom. The molecule has 11 nitrogen and oxygen atoms in total. The molecule has 266 valence electrons. The monoisotopic (exact) mass is 713 g/mol. The molecule has 3 aromatic carbocycles. The fourth-order valence-corrected chi connectivity index (χ4v) is 9.17. The van der Waals surface area contributed by atoms with E-state index in [4.69, 9.17) is 19.9 Å². The van der Waals surface area contributed by atoms with Crippen LogP contribution in [0.5, 0.6) is 11.5 Å². The topological polar surface area (TPSA) is 157 Å². The van der Waals surface area contributed by atoms with E-state index in [2.05, 4.69) is 5.32 Å². The Morgan fingerprint density at radius 1 is 0.959 bits per heavy atom. The van der Waals surface area contributed by atoms with Crippen LogP contribution in [0.2, 0.25) is 0 Å². The molecule has 0 radical (unpaired) electrons.